The fourth-order valence-corrected chi connectivity index (χ4v) is 9.83. The number of alkyl carbamates (subject to hydrolysis) is 1. The number of aromatic nitrogens is 1. The number of carbonyl (C=O) groups is 6. The van der Waals surface area contributed by atoms with E-state index in [0.29, 0.717) is 44.4 Å². The highest BCUT2D eigenvalue weighted by atomic mass is 32.2. The molecule has 65 heavy (non-hydrogen) atoms. The number of imide groups is 1. The van der Waals surface area contributed by atoms with Gasteiger partial charge in [0.1, 0.15) is 17.7 Å². The smallest absolute Gasteiger partial charge is 0.407 e. The molecule has 13 nitrogen and oxygen atoms in total. The number of rotatable bonds is 25. The monoisotopic (exact) mass is 935 g/mol. The number of carbonyl (C=O) groups excluding carboxylic acids is 5. The largest absolute Gasteiger partial charge is 0.480 e. The SMILES string of the molecule is C[Si](C)(C)CCOC(=O)NCCCN(C(=O)CSC[C@H](NC(=O)CCCCCN1C(=O)C=CC1=O)C(=O)O)[C@@H](c1cc(-c2cc(F)ccc2F)cn1Cc1ccccc1)C1CCCCC1. The Morgan fingerprint density at radius 3 is 2.35 bits per heavy atom. The molecule has 1 saturated carbocycles. The minimum absolute atomic E-state index is 0.00544. The van der Waals surface area contributed by atoms with Gasteiger partial charge in [-0.25, -0.2) is 18.4 Å². The maximum absolute atomic E-state index is 15.4. The summed E-state index contributed by atoms with van der Waals surface area (Å²) in [7, 11) is -1.42. The third kappa shape index (κ3) is 16.0. The van der Waals surface area contributed by atoms with Crippen molar-refractivity contribution in [1.82, 2.24) is 25.0 Å². The van der Waals surface area contributed by atoms with Crippen molar-refractivity contribution in [3.05, 3.63) is 95.8 Å². The van der Waals surface area contributed by atoms with Gasteiger partial charge in [0, 0.05) is 81.6 Å². The van der Waals surface area contributed by atoms with Crippen LogP contribution in [0.4, 0.5) is 13.6 Å². The fourth-order valence-electron chi connectivity index (χ4n) is 8.20. The van der Waals surface area contributed by atoms with Gasteiger partial charge in [0.15, 0.2) is 0 Å². The number of aliphatic carboxylic acids is 1. The van der Waals surface area contributed by atoms with Crippen LogP contribution in [0.1, 0.15) is 81.5 Å². The number of halogens is 2. The zero-order valence-electron chi connectivity index (χ0n) is 37.7. The number of carboxylic acid groups (broad SMARTS) is 1. The number of hydrogen-bond donors (Lipinski definition) is 3. The van der Waals surface area contributed by atoms with Gasteiger partial charge in [-0.05, 0) is 73.9 Å². The number of thioether (sulfide) groups is 1. The van der Waals surface area contributed by atoms with Gasteiger partial charge < -0.3 is 29.9 Å². The maximum Gasteiger partial charge on any atom is 0.407 e. The van der Waals surface area contributed by atoms with Gasteiger partial charge in [0.25, 0.3) is 11.8 Å². The van der Waals surface area contributed by atoms with Crippen LogP contribution in [-0.2, 0) is 35.3 Å². The summed E-state index contributed by atoms with van der Waals surface area (Å²) in [5, 5.41) is 15.5. The predicted octanol–water partition coefficient (Wildman–Crippen LogP) is 8.17. The van der Waals surface area contributed by atoms with Crippen LogP contribution in [0.2, 0.25) is 25.7 Å². The van der Waals surface area contributed by atoms with E-state index >= 15 is 4.39 Å². The molecule has 5 amide bonds. The van der Waals surface area contributed by atoms with Crippen molar-refractivity contribution in [3.8, 4) is 11.1 Å². The summed E-state index contributed by atoms with van der Waals surface area (Å²) in [6.07, 6.45) is 10.2. The van der Waals surface area contributed by atoms with Crippen LogP contribution in [0.25, 0.3) is 11.1 Å². The van der Waals surface area contributed by atoms with E-state index in [1.54, 1.807) is 11.1 Å². The van der Waals surface area contributed by atoms with E-state index in [-0.39, 0.29) is 66.8 Å². The van der Waals surface area contributed by atoms with Crippen molar-refractivity contribution in [2.45, 2.75) is 109 Å². The first-order valence-electron chi connectivity index (χ1n) is 22.6. The van der Waals surface area contributed by atoms with Crippen molar-refractivity contribution < 1.29 is 47.4 Å². The summed E-state index contributed by atoms with van der Waals surface area (Å²) < 4.78 is 37.5. The highest BCUT2D eigenvalue weighted by Crippen LogP contribution is 2.41. The minimum Gasteiger partial charge on any atom is -0.480 e. The molecule has 1 aliphatic heterocycles. The maximum atomic E-state index is 15.4. The lowest BCUT2D eigenvalue weighted by atomic mass is 9.81. The zero-order chi connectivity index (χ0) is 46.9. The van der Waals surface area contributed by atoms with Gasteiger partial charge in [0.2, 0.25) is 11.8 Å². The summed E-state index contributed by atoms with van der Waals surface area (Å²) in [5.41, 5.74) is 2.28. The van der Waals surface area contributed by atoms with Gasteiger partial charge >= 0.3 is 12.1 Å². The quantitative estimate of drug-likeness (QED) is 0.0432. The Morgan fingerprint density at radius 2 is 1.66 bits per heavy atom. The topological polar surface area (TPSA) is 167 Å². The molecule has 3 aromatic rings. The molecule has 5 rings (SSSR count). The van der Waals surface area contributed by atoms with E-state index in [1.807, 2.05) is 41.0 Å². The average Bonchev–Trinajstić information content (AvgIpc) is 3.82. The van der Waals surface area contributed by atoms with E-state index in [9.17, 15) is 38.3 Å². The Morgan fingerprint density at radius 1 is 0.938 bits per heavy atom. The molecule has 2 heterocycles. The number of hydrogen-bond acceptors (Lipinski definition) is 8. The minimum atomic E-state index is -1.42. The highest BCUT2D eigenvalue weighted by Gasteiger charge is 2.36. The van der Waals surface area contributed by atoms with Crippen LogP contribution in [0.3, 0.4) is 0 Å². The number of nitrogens with one attached hydrogen (secondary N) is 2. The van der Waals surface area contributed by atoms with E-state index in [4.69, 9.17) is 4.74 Å². The van der Waals surface area contributed by atoms with Crippen molar-refractivity contribution in [3.63, 3.8) is 0 Å². The van der Waals surface area contributed by atoms with Gasteiger partial charge in [-0.1, -0.05) is 75.7 Å². The van der Waals surface area contributed by atoms with Crippen molar-refractivity contribution in [2.24, 2.45) is 5.92 Å². The molecule has 352 valence electrons. The lowest BCUT2D eigenvalue weighted by molar-refractivity contribution is -0.141. The molecule has 0 unspecified atom stereocenters. The van der Waals surface area contributed by atoms with E-state index in [2.05, 4.69) is 30.3 Å². The second-order valence-corrected chi connectivity index (χ2v) is 24.6. The summed E-state index contributed by atoms with van der Waals surface area (Å²) in [6, 6.07) is 14.0. The van der Waals surface area contributed by atoms with E-state index in [1.165, 1.54) is 18.2 Å². The summed E-state index contributed by atoms with van der Waals surface area (Å²) >= 11 is 1.09. The van der Waals surface area contributed by atoms with Gasteiger partial charge in [-0.2, -0.15) is 0 Å². The fraction of sp³-hybridized carbons (Fsp3) is 0.500. The summed E-state index contributed by atoms with van der Waals surface area (Å²) in [6.45, 7) is 8.00. The lowest BCUT2D eigenvalue weighted by Gasteiger charge is -2.40. The van der Waals surface area contributed by atoms with Crippen LogP contribution >= 0.6 is 11.8 Å². The molecular formula is C48H63F2N5O8SSi. The van der Waals surface area contributed by atoms with Gasteiger partial charge in [-0.3, -0.25) is 24.1 Å². The Labute approximate surface area is 385 Å². The van der Waals surface area contributed by atoms with Crippen molar-refractivity contribution in [2.75, 3.05) is 37.7 Å². The molecule has 3 N–H and O–H groups in total. The third-order valence-electron chi connectivity index (χ3n) is 11.7. The molecule has 0 bridgehead atoms. The molecule has 0 saturated heterocycles. The Hall–Kier alpha value is -5.29. The predicted molar refractivity (Wildman–Crippen MR) is 250 cm³/mol. The molecule has 1 fully saturated rings. The Bertz CT molecular complexity index is 2120. The van der Waals surface area contributed by atoms with Crippen LogP contribution in [0.5, 0.6) is 0 Å². The number of benzene rings is 2. The van der Waals surface area contributed by atoms with Crippen molar-refractivity contribution in [1.29, 1.82) is 0 Å². The van der Waals surface area contributed by atoms with E-state index in [0.717, 1.165) is 78.2 Å². The molecule has 17 heteroatoms. The van der Waals surface area contributed by atoms with E-state index < -0.39 is 49.8 Å². The molecule has 1 aliphatic carbocycles. The number of nitrogens with zero attached hydrogens (tertiary/aromatic N) is 3. The molecule has 0 spiro atoms. The number of carboxylic acids is 1. The average molecular weight is 936 g/mol. The number of unbranched alkanes of at least 4 members (excludes halogenated alkanes) is 2. The second kappa shape index (κ2) is 24.8. The molecular weight excluding hydrogens is 873 g/mol. The molecule has 2 atom stereocenters. The second-order valence-electron chi connectivity index (χ2n) is 18.0. The van der Waals surface area contributed by atoms with Crippen molar-refractivity contribution >= 4 is 55.5 Å². The summed E-state index contributed by atoms with van der Waals surface area (Å²) in [4.78, 5) is 79.0. The highest BCUT2D eigenvalue weighted by molar-refractivity contribution is 8.00. The van der Waals surface area contributed by atoms with Crippen LogP contribution < -0.4 is 10.6 Å². The number of ether oxygens (including phenoxy) is 1. The lowest BCUT2D eigenvalue weighted by Crippen LogP contribution is -2.44. The molecule has 0 radical (unpaired) electrons. The molecule has 2 aromatic carbocycles. The standard InChI is InChI=1S/C48H63F2N5O8SSi/c1-65(2,3)27-26-63-48(62)51-23-13-25-55(45(59)33-64-32-40(47(60)61)52-42(56)18-11-6-12-24-54-43(57)21-22-44(54)58)46(35-16-9-5-10-17-35)41-28-36(38-29-37(49)19-20-39(38)50)31-53(41)30-34-14-7-4-8-15-34/h4,7-8,14-15,19-22,28-29,31,35,40,46H,5-6,9-13,16-18,23-27,30,32-33H2,1-3H3,(H,51,62)(H,52,56)(H,60,61)/t40-,46+/m0/s1. The molecule has 2 aliphatic rings. The van der Waals surface area contributed by atoms with Gasteiger partial charge in [0.05, 0.1) is 18.4 Å². The van der Waals surface area contributed by atoms with Gasteiger partial charge in [-0.15, -0.1) is 11.8 Å². The van der Waals surface area contributed by atoms with Crippen LogP contribution in [0, 0.1) is 17.6 Å². The Balaban J connectivity index is 1.35. The first kappa shape index (κ1) is 50.7. The first-order chi connectivity index (χ1) is 31.1. The molecule has 1 aromatic heterocycles. The summed E-state index contributed by atoms with van der Waals surface area (Å²) in [5.74, 6) is -4.06. The number of amides is 5. The third-order valence-corrected chi connectivity index (χ3v) is 14.4. The Kier molecular flexibility index (Phi) is 19.4. The first-order valence-corrected chi connectivity index (χ1v) is 27.5. The normalized spacial score (nSPS) is 15.2. The van der Waals surface area contributed by atoms with Crippen LogP contribution in [0.15, 0.2) is 72.9 Å². The van der Waals surface area contributed by atoms with Crippen LogP contribution in [-0.4, -0.2) is 107 Å². The zero-order valence-corrected chi connectivity index (χ0v) is 39.5.